The lowest BCUT2D eigenvalue weighted by atomic mass is 10.0. The number of benzene rings is 9. The summed E-state index contributed by atoms with van der Waals surface area (Å²) in [6.07, 6.45) is 0. The van der Waals surface area contributed by atoms with Crippen molar-refractivity contribution >= 4 is 104 Å². The highest BCUT2D eigenvalue weighted by Gasteiger charge is 2.24. The molecule has 0 atom stereocenters. The second-order valence-electron chi connectivity index (χ2n) is 14.9. The molecule has 13 rings (SSSR count). The van der Waals surface area contributed by atoms with Gasteiger partial charge in [0.05, 0.1) is 38.8 Å². The van der Waals surface area contributed by atoms with Gasteiger partial charge in [-0.3, -0.25) is 0 Å². The molecule has 260 valence electrons. The highest BCUT2D eigenvalue weighted by Crippen LogP contribution is 2.46. The average Bonchev–Trinajstić information content (AvgIpc) is 3.90. The lowest BCUT2D eigenvalue weighted by molar-refractivity contribution is 0.669. The average molecular weight is 714 g/mol. The van der Waals surface area contributed by atoms with Crippen molar-refractivity contribution in [3.63, 3.8) is 0 Å². The van der Waals surface area contributed by atoms with E-state index in [1.165, 1.54) is 59.9 Å². The number of aromatic nitrogens is 2. The van der Waals surface area contributed by atoms with Crippen molar-refractivity contribution in [1.82, 2.24) is 8.80 Å². The summed E-state index contributed by atoms with van der Waals surface area (Å²) < 4.78 is 11.8. The first-order chi connectivity index (χ1) is 27.8. The van der Waals surface area contributed by atoms with Gasteiger partial charge in [0.25, 0.3) is 0 Å². The summed E-state index contributed by atoms with van der Waals surface area (Å²) in [5.74, 6) is 0. The number of hydrogen-bond acceptors (Lipinski definition) is 2. The van der Waals surface area contributed by atoms with E-state index in [4.69, 9.17) is 4.42 Å². The number of nitrogens with zero attached hydrogens (tertiary/aromatic N) is 3. The lowest BCUT2D eigenvalue weighted by Crippen LogP contribution is -2.10. The van der Waals surface area contributed by atoms with Gasteiger partial charge in [0.1, 0.15) is 5.58 Å². The highest BCUT2D eigenvalue weighted by molar-refractivity contribution is 6.29. The molecular weight excluding hydrogens is 683 g/mol. The van der Waals surface area contributed by atoms with Crippen molar-refractivity contribution < 1.29 is 4.42 Å². The van der Waals surface area contributed by atoms with Crippen molar-refractivity contribution in [3.05, 3.63) is 188 Å². The Bertz CT molecular complexity index is 3710. The second kappa shape index (κ2) is 11.0. The molecule has 4 heterocycles. The number of furan rings is 1. The molecule has 4 aromatic heterocycles. The molecule has 0 saturated heterocycles. The van der Waals surface area contributed by atoms with Gasteiger partial charge in [-0.15, -0.1) is 0 Å². The van der Waals surface area contributed by atoms with Gasteiger partial charge in [-0.2, -0.15) is 0 Å². The van der Waals surface area contributed by atoms with Crippen LogP contribution in [0.25, 0.3) is 98.5 Å². The first-order valence-corrected chi connectivity index (χ1v) is 19.2. The van der Waals surface area contributed by atoms with Crippen molar-refractivity contribution in [3.8, 4) is 11.1 Å². The first-order valence-electron chi connectivity index (χ1n) is 19.2. The number of anilines is 3. The quantitative estimate of drug-likeness (QED) is 0.181. The van der Waals surface area contributed by atoms with Gasteiger partial charge in [0.15, 0.2) is 5.58 Å². The lowest BCUT2D eigenvalue weighted by Gasteiger charge is -2.26. The van der Waals surface area contributed by atoms with Gasteiger partial charge < -0.3 is 18.1 Å². The summed E-state index contributed by atoms with van der Waals surface area (Å²) in [7, 11) is 0. The maximum Gasteiger partial charge on any atom is 0.159 e. The Labute approximate surface area is 320 Å². The van der Waals surface area contributed by atoms with Crippen molar-refractivity contribution in [2.75, 3.05) is 4.90 Å². The van der Waals surface area contributed by atoms with E-state index >= 15 is 0 Å². The Hall–Kier alpha value is -7.56. The van der Waals surface area contributed by atoms with Crippen LogP contribution in [0.5, 0.6) is 0 Å². The molecule has 0 aliphatic rings. The second-order valence-corrected chi connectivity index (χ2v) is 14.9. The summed E-state index contributed by atoms with van der Waals surface area (Å²) >= 11 is 0. The molecule has 9 aromatic carbocycles. The molecule has 13 aromatic rings. The van der Waals surface area contributed by atoms with Crippen LogP contribution in [0.1, 0.15) is 0 Å². The summed E-state index contributed by atoms with van der Waals surface area (Å²) in [6, 6.07) is 68.3. The molecule has 4 nitrogen and oxygen atoms in total. The highest BCUT2D eigenvalue weighted by atomic mass is 16.3. The molecule has 0 aliphatic heterocycles. The Balaban J connectivity index is 1.21. The molecule has 0 unspecified atom stereocenters. The zero-order valence-electron chi connectivity index (χ0n) is 30.1. The van der Waals surface area contributed by atoms with Crippen LogP contribution >= 0.6 is 0 Å². The SMILES string of the molecule is c1ccc(-c2cccc(N(c3ccc4c(c3)n3c5ccccc5c5ccc6ccc7c8ccccc8n4c7c6c53)c3cccc4c3oc3ccccc34)c2)cc1. The molecule has 0 bridgehead atoms. The third-order valence-corrected chi connectivity index (χ3v) is 12.0. The van der Waals surface area contributed by atoms with E-state index < -0.39 is 0 Å². The monoisotopic (exact) mass is 713 g/mol. The van der Waals surface area contributed by atoms with E-state index in [1.54, 1.807) is 0 Å². The third-order valence-electron chi connectivity index (χ3n) is 12.0. The van der Waals surface area contributed by atoms with Gasteiger partial charge in [0, 0.05) is 49.1 Å². The third kappa shape index (κ3) is 3.92. The van der Waals surface area contributed by atoms with E-state index in [0.29, 0.717) is 0 Å². The Morgan fingerprint density at radius 3 is 1.75 bits per heavy atom. The van der Waals surface area contributed by atoms with Crippen LogP contribution in [0.15, 0.2) is 192 Å². The molecule has 0 saturated carbocycles. The first kappa shape index (κ1) is 29.8. The largest absolute Gasteiger partial charge is 0.454 e. The number of fused-ring (bicyclic) bond motifs is 12. The van der Waals surface area contributed by atoms with Crippen molar-refractivity contribution in [2.45, 2.75) is 0 Å². The van der Waals surface area contributed by atoms with Crippen LogP contribution in [0.3, 0.4) is 0 Å². The van der Waals surface area contributed by atoms with Crippen molar-refractivity contribution in [2.24, 2.45) is 0 Å². The normalized spacial score (nSPS) is 12.3. The fourth-order valence-corrected chi connectivity index (χ4v) is 9.62. The molecule has 56 heavy (non-hydrogen) atoms. The molecule has 0 N–H and O–H groups in total. The van der Waals surface area contributed by atoms with Crippen LogP contribution in [-0.4, -0.2) is 8.80 Å². The minimum absolute atomic E-state index is 0.859. The Morgan fingerprint density at radius 1 is 0.375 bits per heavy atom. The fourth-order valence-electron chi connectivity index (χ4n) is 9.62. The fraction of sp³-hybridized carbons (Fsp3) is 0. The number of para-hydroxylation sites is 4. The van der Waals surface area contributed by atoms with Gasteiger partial charge in [-0.25, -0.2) is 0 Å². The van der Waals surface area contributed by atoms with Crippen LogP contribution in [0.4, 0.5) is 17.1 Å². The van der Waals surface area contributed by atoms with E-state index in [0.717, 1.165) is 55.6 Å². The molecule has 0 fully saturated rings. The molecule has 0 amide bonds. The van der Waals surface area contributed by atoms with E-state index in [1.807, 2.05) is 6.07 Å². The van der Waals surface area contributed by atoms with E-state index in [9.17, 15) is 0 Å². The maximum absolute atomic E-state index is 6.75. The zero-order valence-corrected chi connectivity index (χ0v) is 30.1. The minimum atomic E-state index is 0.859. The predicted octanol–water partition coefficient (Wildman–Crippen LogP) is 14.4. The van der Waals surface area contributed by atoms with Gasteiger partial charge in [0.2, 0.25) is 0 Å². The van der Waals surface area contributed by atoms with Gasteiger partial charge >= 0.3 is 0 Å². The molecule has 4 heteroatoms. The van der Waals surface area contributed by atoms with E-state index in [-0.39, 0.29) is 0 Å². The minimum Gasteiger partial charge on any atom is -0.454 e. The molecule has 0 aliphatic carbocycles. The zero-order chi connectivity index (χ0) is 36.5. The molecule has 0 spiro atoms. The molecular formula is C52H31N3O. The summed E-state index contributed by atoms with van der Waals surface area (Å²) in [4.78, 5) is 2.38. The van der Waals surface area contributed by atoms with Crippen LogP contribution in [-0.2, 0) is 0 Å². The van der Waals surface area contributed by atoms with Crippen LogP contribution < -0.4 is 4.90 Å². The number of hydrogen-bond donors (Lipinski definition) is 0. The van der Waals surface area contributed by atoms with Gasteiger partial charge in [-0.1, -0.05) is 133 Å². The Kier molecular flexibility index (Phi) is 5.86. The van der Waals surface area contributed by atoms with Gasteiger partial charge in [-0.05, 0) is 71.1 Å². The summed E-state index contributed by atoms with van der Waals surface area (Å²) in [5, 5.41) is 9.77. The van der Waals surface area contributed by atoms with Crippen LogP contribution in [0.2, 0.25) is 0 Å². The topological polar surface area (TPSA) is 25.2 Å². The van der Waals surface area contributed by atoms with E-state index in [2.05, 4.69) is 196 Å². The Morgan fingerprint density at radius 2 is 0.982 bits per heavy atom. The number of rotatable bonds is 4. The standard InChI is InChI=1S/C52H31N3O/c1-2-12-32(13-3-1)34-14-10-15-35(30-34)53(46-22-11-19-42-39-18-6-9-23-48(39)56-52(42)46)36-26-29-45-47(31-36)55-44-21-8-5-17-38(44)41-28-25-33-24-27-40-37-16-4-7-20-43(37)54(45)50(40)49(33)51(41)55/h1-31H. The summed E-state index contributed by atoms with van der Waals surface area (Å²) in [5.41, 5.74) is 14.3. The maximum atomic E-state index is 6.75. The van der Waals surface area contributed by atoms with Crippen molar-refractivity contribution in [1.29, 1.82) is 0 Å². The van der Waals surface area contributed by atoms with Crippen LogP contribution in [0, 0.1) is 0 Å². The molecule has 0 radical (unpaired) electrons. The smallest absolute Gasteiger partial charge is 0.159 e. The predicted molar refractivity (Wildman–Crippen MR) is 234 cm³/mol. The summed E-state index contributed by atoms with van der Waals surface area (Å²) in [6.45, 7) is 0.